The molecule has 1 aromatic rings. The average Bonchev–Trinajstić information content (AvgIpc) is 2.69. The van der Waals surface area contributed by atoms with Crippen LogP contribution in [0.3, 0.4) is 0 Å². The first-order chi connectivity index (χ1) is 7.29. The molecule has 82 valence electrons. The van der Waals surface area contributed by atoms with Gasteiger partial charge in [-0.3, -0.25) is 4.90 Å². The minimum absolute atomic E-state index is 0.251. The minimum atomic E-state index is 0.251. The molecule has 1 saturated heterocycles. The van der Waals surface area contributed by atoms with E-state index in [1.165, 1.54) is 6.42 Å². The van der Waals surface area contributed by atoms with Gasteiger partial charge in [0.2, 0.25) is 0 Å². The molecule has 15 heavy (non-hydrogen) atoms. The fraction of sp³-hybridized carbons (Fsp3) is 0.545. The molecular weight excluding hydrogens is 212 g/mol. The number of hydrogen-bond donors (Lipinski definition) is 1. The molecule has 0 bridgehead atoms. The van der Waals surface area contributed by atoms with Gasteiger partial charge < -0.3 is 5.11 Å². The van der Waals surface area contributed by atoms with Crippen molar-refractivity contribution in [1.29, 1.82) is 0 Å². The lowest BCUT2D eigenvalue weighted by Gasteiger charge is -2.22. The van der Waals surface area contributed by atoms with E-state index in [1.54, 1.807) is 12.3 Å². The van der Waals surface area contributed by atoms with Crippen LogP contribution in [0.25, 0.3) is 0 Å². The summed E-state index contributed by atoms with van der Waals surface area (Å²) >= 11 is 5.72. The van der Waals surface area contributed by atoms with Crippen molar-refractivity contribution in [2.45, 2.75) is 25.4 Å². The largest absolute Gasteiger partial charge is 0.395 e. The Hall–Kier alpha value is -0.640. The summed E-state index contributed by atoms with van der Waals surface area (Å²) in [6.45, 7) is 2.17. The monoisotopic (exact) mass is 226 g/mol. The van der Waals surface area contributed by atoms with E-state index in [-0.39, 0.29) is 6.61 Å². The molecular formula is C11H15ClN2O. The third kappa shape index (κ3) is 2.68. The summed E-state index contributed by atoms with van der Waals surface area (Å²) in [4.78, 5) is 6.34. The van der Waals surface area contributed by atoms with Crippen molar-refractivity contribution in [3.8, 4) is 0 Å². The third-order valence-electron chi connectivity index (χ3n) is 2.88. The summed E-state index contributed by atoms with van der Waals surface area (Å²) in [7, 11) is 0. The smallest absolute Gasteiger partial charge is 0.129 e. The highest BCUT2D eigenvalue weighted by molar-refractivity contribution is 6.29. The number of hydrogen-bond acceptors (Lipinski definition) is 3. The fourth-order valence-corrected chi connectivity index (χ4v) is 2.16. The molecule has 1 N–H and O–H groups in total. The van der Waals surface area contributed by atoms with Gasteiger partial charge in [0.25, 0.3) is 0 Å². The summed E-state index contributed by atoms with van der Waals surface area (Å²) < 4.78 is 0. The van der Waals surface area contributed by atoms with Crippen LogP contribution in [0.15, 0.2) is 18.3 Å². The molecule has 2 rings (SSSR count). The lowest BCUT2D eigenvalue weighted by atomic mass is 10.2. The Kier molecular flexibility index (Phi) is 3.57. The van der Waals surface area contributed by atoms with E-state index in [0.29, 0.717) is 11.2 Å². The molecule has 1 aromatic heterocycles. The van der Waals surface area contributed by atoms with Crippen LogP contribution in [0.4, 0.5) is 0 Å². The first-order valence-electron chi connectivity index (χ1n) is 5.25. The van der Waals surface area contributed by atoms with Crippen LogP contribution in [0.2, 0.25) is 5.15 Å². The van der Waals surface area contributed by atoms with E-state index >= 15 is 0 Å². The Bertz CT molecular complexity index is 315. The van der Waals surface area contributed by atoms with Gasteiger partial charge in [-0.05, 0) is 31.0 Å². The third-order valence-corrected chi connectivity index (χ3v) is 3.11. The van der Waals surface area contributed by atoms with E-state index in [1.807, 2.05) is 6.07 Å². The Balaban J connectivity index is 1.99. The van der Waals surface area contributed by atoms with Crippen LogP contribution in [0, 0.1) is 0 Å². The molecule has 1 fully saturated rings. The highest BCUT2D eigenvalue weighted by Crippen LogP contribution is 2.19. The second kappa shape index (κ2) is 4.92. The van der Waals surface area contributed by atoms with Crippen molar-refractivity contribution in [1.82, 2.24) is 9.88 Å². The summed E-state index contributed by atoms with van der Waals surface area (Å²) in [5.41, 5.74) is 1.15. The van der Waals surface area contributed by atoms with Crippen molar-refractivity contribution >= 4 is 11.6 Å². The quantitative estimate of drug-likeness (QED) is 0.797. The predicted molar refractivity (Wildman–Crippen MR) is 59.8 cm³/mol. The van der Waals surface area contributed by atoms with Gasteiger partial charge in [0.15, 0.2) is 0 Å². The molecule has 0 amide bonds. The summed E-state index contributed by atoms with van der Waals surface area (Å²) in [6, 6.07) is 4.11. The Morgan fingerprint density at radius 1 is 1.53 bits per heavy atom. The Morgan fingerprint density at radius 3 is 3.07 bits per heavy atom. The molecule has 1 aliphatic rings. The van der Waals surface area contributed by atoms with Crippen molar-refractivity contribution in [2.24, 2.45) is 0 Å². The Labute approximate surface area is 94.7 Å². The topological polar surface area (TPSA) is 36.4 Å². The van der Waals surface area contributed by atoms with Crippen molar-refractivity contribution in [3.05, 3.63) is 29.0 Å². The Morgan fingerprint density at radius 2 is 2.40 bits per heavy atom. The molecule has 1 aliphatic heterocycles. The summed E-state index contributed by atoms with van der Waals surface area (Å²) in [6.07, 6.45) is 4.07. The van der Waals surface area contributed by atoms with Crippen LogP contribution in [-0.2, 0) is 6.54 Å². The lowest BCUT2D eigenvalue weighted by Crippen LogP contribution is -2.31. The molecule has 2 heterocycles. The number of likely N-dealkylation sites (tertiary alicyclic amines) is 1. The number of pyridine rings is 1. The standard InChI is InChI=1S/C11H15ClN2O/c12-11-4-3-9(6-13-11)7-14-5-1-2-10(14)8-15/h3-4,6,10,15H,1-2,5,7-8H2. The van der Waals surface area contributed by atoms with Gasteiger partial charge in [-0.25, -0.2) is 4.98 Å². The van der Waals surface area contributed by atoms with Gasteiger partial charge in [-0.15, -0.1) is 0 Å². The lowest BCUT2D eigenvalue weighted by molar-refractivity contribution is 0.153. The predicted octanol–water partition coefficient (Wildman–Crippen LogP) is 1.69. The summed E-state index contributed by atoms with van der Waals surface area (Å²) in [5.74, 6) is 0. The van der Waals surface area contributed by atoms with Gasteiger partial charge >= 0.3 is 0 Å². The highest BCUT2D eigenvalue weighted by Gasteiger charge is 2.23. The van der Waals surface area contributed by atoms with E-state index in [4.69, 9.17) is 11.6 Å². The zero-order chi connectivity index (χ0) is 10.7. The first kappa shape index (κ1) is 10.9. The maximum atomic E-state index is 9.18. The zero-order valence-electron chi connectivity index (χ0n) is 8.56. The molecule has 0 saturated carbocycles. The van der Waals surface area contributed by atoms with Crippen molar-refractivity contribution in [3.63, 3.8) is 0 Å². The van der Waals surface area contributed by atoms with Crippen LogP contribution in [0.1, 0.15) is 18.4 Å². The molecule has 3 nitrogen and oxygen atoms in total. The van der Waals surface area contributed by atoms with E-state index < -0.39 is 0 Å². The summed E-state index contributed by atoms with van der Waals surface area (Å²) in [5, 5.41) is 9.71. The van der Waals surface area contributed by atoms with Gasteiger partial charge in [0.1, 0.15) is 5.15 Å². The van der Waals surface area contributed by atoms with Crippen LogP contribution >= 0.6 is 11.6 Å². The van der Waals surface area contributed by atoms with Gasteiger partial charge in [0, 0.05) is 18.8 Å². The molecule has 1 atom stereocenters. The fourth-order valence-electron chi connectivity index (χ4n) is 2.04. The number of halogens is 1. The van der Waals surface area contributed by atoms with Crippen molar-refractivity contribution < 1.29 is 5.11 Å². The maximum absolute atomic E-state index is 9.18. The van der Waals surface area contributed by atoms with Crippen molar-refractivity contribution in [2.75, 3.05) is 13.2 Å². The van der Waals surface area contributed by atoms with E-state index in [2.05, 4.69) is 9.88 Å². The number of aliphatic hydroxyl groups excluding tert-OH is 1. The normalized spacial score (nSPS) is 22.1. The highest BCUT2D eigenvalue weighted by atomic mass is 35.5. The number of nitrogens with zero attached hydrogens (tertiary/aromatic N) is 2. The van der Waals surface area contributed by atoms with Gasteiger partial charge in [0.05, 0.1) is 6.61 Å². The number of rotatable bonds is 3. The van der Waals surface area contributed by atoms with Crippen LogP contribution < -0.4 is 0 Å². The molecule has 1 unspecified atom stereocenters. The zero-order valence-corrected chi connectivity index (χ0v) is 9.32. The average molecular weight is 227 g/mol. The molecule has 0 aromatic carbocycles. The van der Waals surface area contributed by atoms with E-state index in [9.17, 15) is 5.11 Å². The van der Waals surface area contributed by atoms with Gasteiger partial charge in [-0.2, -0.15) is 0 Å². The number of aliphatic hydroxyl groups is 1. The minimum Gasteiger partial charge on any atom is -0.395 e. The van der Waals surface area contributed by atoms with E-state index in [0.717, 1.165) is 25.1 Å². The number of aromatic nitrogens is 1. The van der Waals surface area contributed by atoms with Crippen LogP contribution in [-0.4, -0.2) is 34.2 Å². The SMILES string of the molecule is OCC1CCCN1Cc1ccc(Cl)nc1. The molecule has 0 radical (unpaired) electrons. The second-order valence-corrected chi connectivity index (χ2v) is 4.33. The molecule has 0 aliphatic carbocycles. The molecule has 0 spiro atoms. The maximum Gasteiger partial charge on any atom is 0.129 e. The van der Waals surface area contributed by atoms with Gasteiger partial charge in [-0.1, -0.05) is 17.7 Å². The second-order valence-electron chi connectivity index (χ2n) is 3.94. The molecule has 4 heteroatoms. The van der Waals surface area contributed by atoms with Crippen LogP contribution in [0.5, 0.6) is 0 Å². The first-order valence-corrected chi connectivity index (χ1v) is 5.63.